The van der Waals surface area contributed by atoms with E-state index in [9.17, 15) is 61.0 Å². The Kier molecular flexibility index (Phi) is 55.8. The van der Waals surface area contributed by atoms with Crippen LogP contribution in [0.3, 0.4) is 0 Å². The zero-order chi connectivity index (χ0) is 72.5. The molecule has 100 heavy (non-hydrogen) atoms. The highest BCUT2D eigenvalue weighted by molar-refractivity contribution is 5.76. The van der Waals surface area contributed by atoms with Gasteiger partial charge in [-0.15, -0.1) is 0 Å². The smallest absolute Gasteiger partial charge is 0.220 e. The highest BCUT2D eigenvalue weighted by Crippen LogP contribution is 2.33. The summed E-state index contributed by atoms with van der Waals surface area (Å²) < 4.78 is 34.4. The first-order chi connectivity index (χ1) is 48.8. The predicted molar refractivity (Wildman–Crippen MR) is 397 cm³/mol. The molecule has 3 heterocycles. The normalized spacial score (nSPS) is 26.9. The Hall–Kier alpha value is -3.03. The van der Waals surface area contributed by atoms with E-state index >= 15 is 0 Å². The van der Waals surface area contributed by atoms with E-state index in [0.29, 0.717) is 12.8 Å². The van der Waals surface area contributed by atoms with Gasteiger partial charge in [0.15, 0.2) is 18.9 Å². The highest BCUT2D eigenvalue weighted by atomic mass is 16.8. The molecule has 0 aromatic heterocycles. The summed E-state index contributed by atoms with van der Waals surface area (Å²) in [6.07, 6.45) is 54.3. The summed E-state index contributed by atoms with van der Waals surface area (Å²) in [6.45, 7) is 1.63. The number of nitrogens with one attached hydrogen (secondary N) is 1. The van der Waals surface area contributed by atoms with E-state index in [2.05, 4.69) is 92.1 Å². The van der Waals surface area contributed by atoms with E-state index in [-0.39, 0.29) is 18.9 Å². The number of unbranched alkanes of at least 4 members (excludes halogenated alkanes) is 34. The van der Waals surface area contributed by atoms with Crippen LogP contribution < -0.4 is 5.32 Å². The van der Waals surface area contributed by atoms with Crippen molar-refractivity contribution in [1.29, 1.82) is 0 Å². The van der Waals surface area contributed by atoms with Crippen molar-refractivity contribution in [2.24, 2.45) is 0 Å². The van der Waals surface area contributed by atoms with E-state index in [0.717, 1.165) is 70.6 Å². The second kappa shape index (κ2) is 61.2. The average Bonchev–Trinajstić information content (AvgIpc) is 0.783. The van der Waals surface area contributed by atoms with Crippen LogP contribution in [0.4, 0.5) is 0 Å². The fraction of sp³-hybridized carbons (Fsp3) is 0.815. The second-order valence-electron chi connectivity index (χ2n) is 28.1. The summed E-state index contributed by atoms with van der Waals surface area (Å²) in [7, 11) is 0. The molecule has 1 amide bonds. The van der Waals surface area contributed by atoms with Crippen molar-refractivity contribution >= 4 is 5.91 Å². The maximum atomic E-state index is 13.5. The van der Waals surface area contributed by atoms with Gasteiger partial charge in [0.25, 0.3) is 0 Å². The summed E-state index contributed by atoms with van der Waals surface area (Å²) in [5, 5.41) is 121. The van der Waals surface area contributed by atoms with Crippen molar-refractivity contribution in [3.63, 3.8) is 0 Å². The molecule has 17 atom stereocenters. The van der Waals surface area contributed by atoms with Gasteiger partial charge >= 0.3 is 0 Å². The lowest BCUT2D eigenvalue weighted by Crippen LogP contribution is -2.66. The van der Waals surface area contributed by atoms with Crippen LogP contribution in [0.5, 0.6) is 0 Å². The molecule has 19 nitrogen and oxygen atoms in total. The Morgan fingerprint density at radius 1 is 0.370 bits per heavy atom. The van der Waals surface area contributed by atoms with E-state index in [1.54, 1.807) is 6.08 Å². The largest absolute Gasteiger partial charge is 0.394 e. The molecule has 3 aliphatic heterocycles. The molecule has 0 radical (unpaired) electrons. The Balaban J connectivity index is 1.35. The summed E-state index contributed by atoms with van der Waals surface area (Å²) in [6, 6.07) is -0.993. The van der Waals surface area contributed by atoms with Crippen LogP contribution in [0.1, 0.15) is 290 Å². The molecule has 0 bridgehead atoms. The molecule has 0 aromatic rings. The summed E-state index contributed by atoms with van der Waals surface area (Å²) >= 11 is 0. The maximum absolute atomic E-state index is 13.5. The first-order valence-corrected chi connectivity index (χ1v) is 39.8. The number of rotatable bonds is 62. The van der Waals surface area contributed by atoms with Crippen molar-refractivity contribution in [3.8, 4) is 0 Å². The molecule has 3 saturated heterocycles. The summed E-state index contributed by atoms with van der Waals surface area (Å²) in [4.78, 5) is 13.5. The molecule has 17 unspecified atom stereocenters. The summed E-state index contributed by atoms with van der Waals surface area (Å²) in [5.74, 6) is -0.283. The van der Waals surface area contributed by atoms with E-state index in [4.69, 9.17) is 28.4 Å². The molecular weight excluding hydrogens is 1270 g/mol. The van der Waals surface area contributed by atoms with Crippen LogP contribution in [0.15, 0.2) is 85.1 Å². The quantitative estimate of drug-likeness (QED) is 0.0199. The van der Waals surface area contributed by atoms with Crippen molar-refractivity contribution in [1.82, 2.24) is 5.32 Å². The molecule has 0 spiro atoms. The molecule has 0 aliphatic carbocycles. The van der Waals surface area contributed by atoms with Gasteiger partial charge in [-0.25, -0.2) is 0 Å². The minimum atomic E-state index is -1.98. The number of ether oxygens (including phenoxy) is 6. The Morgan fingerprint density at radius 2 is 0.700 bits per heavy atom. The van der Waals surface area contributed by atoms with Gasteiger partial charge in [0.1, 0.15) is 73.2 Å². The maximum Gasteiger partial charge on any atom is 0.220 e. The van der Waals surface area contributed by atoms with Crippen LogP contribution in [0, 0.1) is 0 Å². The molecule has 12 N–H and O–H groups in total. The number of carbonyl (C=O) groups excluding carboxylic acids is 1. The van der Waals surface area contributed by atoms with Gasteiger partial charge in [0.2, 0.25) is 5.91 Å². The van der Waals surface area contributed by atoms with Crippen molar-refractivity contribution < 1.29 is 89.4 Å². The molecule has 0 saturated carbocycles. The zero-order valence-electron chi connectivity index (χ0n) is 61.9. The number of amides is 1. The van der Waals surface area contributed by atoms with Gasteiger partial charge in [-0.3, -0.25) is 4.79 Å². The monoisotopic (exact) mass is 1420 g/mol. The topological polar surface area (TPSA) is 307 Å². The first-order valence-electron chi connectivity index (χ1n) is 39.8. The van der Waals surface area contributed by atoms with Crippen LogP contribution in [-0.4, -0.2) is 193 Å². The van der Waals surface area contributed by atoms with E-state index in [1.165, 1.54) is 186 Å². The molecule has 0 aromatic carbocycles. The Bertz CT molecular complexity index is 2140. The Labute approximate surface area is 603 Å². The van der Waals surface area contributed by atoms with E-state index in [1.807, 2.05) is 6.08 Å². The van der Waals surface area contributed by atoms with Crippen LogP contribution >= 0.6 is 0 Å². The zero-order valence-corrected chi connectivity index (χ0v) is 61.9. The molecule has 3 rings (SSSR count). The minimum absolute atomic E-state index is 0.235. The fourth-order valence-corrected chi connectivity index (χ4v) is 13.1. The fourth-order valence-electron chi connectivity index (χ4n) is 13.1. The molecule has 19 heteroatoms. The summed E-state index contributed by atoms with van der Waals surface area (Å²) in [5.41, 5.74) is 0. The SMILES string of the molecule is CC/C=C\C/C=C\C/C=C\C/C=C\C/C=C\CCCCCCCCCCCCCCCCCCCCCC(=O)NC(COC1OC(CO)C(OC2OC(CO)C(OC3OC(CO)C(O)C(O)C3O)C(O)C2O)C(O)C1O)C(O)/C=C/CC/C=C/CCCCCCCCCCCCCCCC. The standard InChI is InChI=1S/C81H143NO18/c1-3-5-7-9-11-13-15-17-19-21-23-25-26-27-28-29-30-31-32-33-34-35-36-37-38-39-41-43-45-47-49-51-53-55-57-59-69(87)82-64(65(86)58-56-54-52-50-48-46-44-42-40-24-22-20-18-16-14-12-10-8-6-4-2)63-95-79-75(93)72(90)77(67(61-84)97-79)100-81-76(94)73(91)78(68(62-85)98-81)99-80-74(92)71(89)70(88)66(60-83)96-80/h5,7,11,13,17,19,23,25,27-28,48,50,56,58,64-68,70-81,83-86,88-94H,3-4,6,8-10,12,14-16,18,20-22,24,26,29-47,49,51-55,57,59-63H2,1-2H3,(H,82,87)/b7-5-,13-11-,19-17-,25-23-,28-27-,50-48+,58-56+. The van der Waals surface area contributed by atoms with Gasteiger partial charge in [-0.05, 0) is 77.0 Å². The number of aliphatic hydroxyl groups is 11. The second-order valence-corrected chi connectivity index (χ2v) is 28.1. The van der Waals surface area contributed by atoms with Gasteiger partial charge in [0, 0.05) is 6.42 Å². The third kappa shape index (κ3) is 41.0. The molecular formula is C81H143NO18. The van der Waals surface area contributed by atoms with Crippen LogP contribution in [-0.2, 0) is 33.2 Å². The third-order valence-corrected chi connectivity index (χ3v) is 19.4. The molecule has 3 aliphatic rings. The van der Waals surface area contributed by atoms with Crippen LogP contribution in [0.2, 0.25) is 0 Å². The average molecular weight is 1420 g/mol. The van der Waals surface area contributed by atoms with Crippen molar-refractivity contribution in [2.45, 2.75) is 394 Å². The number of aliphatic hydroxyl groups excluding tert-OH is 11. The number of allylic oxidation sites excluding steroid dienone is 13. The number of hydrogen-bond acceptors (Lipinski definition) is 18. The Morgan fingerprint density at radius 3 is 1.12 bits per heavy atom. The number of hydrogen-bond donors (Lipinski definition) is 12. The third-order valence-electron chi connectivity index (χ3n) is 19.4. The predicted octanol–water partition coefficient (Wildman–Crippen LogP) is 13.0. The van der Waals surface area contributed by atoms with Gasteiger partial charge in [0.05, 0.1) is 38.6 Å². The van der Waals surface area contributed by atoms with Crippen molar-refractivity contribution in [3.05, 3.63) is 85.1 Å². The lowest BCUT2D eigenvalue weighted by atomic mass is 9.96. The molecule has 3 fully saturated rings. The van der Waals surface area contributed by atoms with E-state index < -0.39 is 124 Å². The first kappa shape index (κ1) is 91.2. The van der Waals surface area contributed by atoms with Gasteiger partial charge < -0.3 is 89.9 Å². The van der Waals surface area contributed by atoms with Crippen molar-refractivity contribution in [2.75, 3.05) is 26.4 Å². The highest BCUT2D eigenvalue weighted by Gasteiger charge is 2.53. The number of carbonyl (C=O) groups is 1. The lowest BCUT2D eigenvalue weighted by Gasteiger charge is -2.48. The van der Waals surface area contributed by atoms with Crippen LogP contribution in [0.25, 0.3) is 0 Å². The lowest BCUT2D eigenvalue weighted by molar-refractivity contribution is -0.379. The van der Waals surface area contributed by atoms with Gasteiger partial charge in [-0.1, -0.05) is 292 Å². The minimum Gasteiger partial charge on any atom is -0.394 e. The van der Waals surface area contributed by atoms with Gasteiger partial charge in [-0.2, -0.15) is 0 Å². The molecule has 580 valence electrons.